The number of carbonyl (C=O) groups excluding carboxylic acids is 2. The van der Waals surface area contributed by atoms with Gasteiger partial charge in [-0.15, -0.1) is 0 Å². The summed E-state index contributed by atoms with van der Waals surface area (Å²) in [6.45, 7) is 0.560. The van der Waals surface area contributed by atoms with E-state index in [1.807, 2.05) is 54.6 Å². The molecule has 5 rings (SSSR count). The molecule has 4 aromatic rings. The first-order chi connectivity index (χ1) is 17.1. The molecule has 0 atom stereocenters. The summed E-state index contributed by atoms with van der Waals surface area (Å²) < 4.78 is 14.5. The largest absolute Gasteiger partial charge is 0.352 e. The molecule has 0 aromatic heterocycles. The number of nitrogens with zero attached hydrogens (tertiary/aromatic N) is 1. The number of anilines is 1. The monoisotopic (exact) mass is 482 g/mol. The summed E-state index contributed by atoms with van der Waals surface area (Å²) in [5, 5.41) is 2.96. The maximum absolute atomic E-state index is 14.5. The fraction of sp³-hybridized carbons (Fsp3) is 0.103. The highest BCUT2D eigenvalue weighted by atomic mass is 32.2. The highest BCUT2D eigenvalue weighted by Gasteiger charge is 2.28. The minimum atomic E-state index is -0.373. The van der Waals surface area contributed by atoms with Crippen molar-refractivity contribution < 1.29 is 14.0 Å². The lowest BCUT2D eigenvalue weighted by Crippen LogP contribution is -2.31. The molecule has 0 unspecified atom stereocenters. The SMILES string of the molecule is O=C(NCCc1ccccc1)c1ccc2c(c1)N(Cc1ccccc1F)C(=O)c1ccccc1S2. The van der Waals surface area contributed by atoms with Crippen molar-refractivity contribution in [1.29, 1.82) is 0 Å². The van der Waals surface area contributed by atoms with Crippen molar-refractivity contribution in [3.63, 3.8) is 0 Å². The Labute approximate surface area is 207 Å². The minimum absolute atomic E-state index is 0.0620. The van der Waals surface area contributed by atoms with Gasteiger partial charge in [-0.1, -0.05) is 72.4 Å². The van der Waals surface area contributed by atoms with Gasteiger partial charge in [-0.25, -0.2) is 4.39 Å². The van der Waals surface area contributed by atoms with E-state index in [-0.39, 0.29) is 24.2 Å². The number of benzene rings is 4. The standard InChI is InChI=1S/C29H23FN2O2S/c30-24-12-6-4-10-22(24)19-32-25-18-21(28(33)31-17-16-20-8-2-1-3-9-20)14-15-27(25)35-26-13-7-5-11-23(26)29(32)34/h1-15,18H,16-17,19H2,(H,31,33). The Morgan fingerprint density at radius 3 is 2.43 bits per heavy atom. The summed E-state index contributed by atoms with van der Waals surface area (Å²) in [4.78, 5) is 29.8. The zero-order valence-corrected chi connectivity index (χ0v) is 19.7. The van der Waals surface area contributed by atoms with Crippen molar-refractivity contribution in [2.75, 3.05) is 11.4 Å². The molecule has 1 aliphatic rings. The van der Waals surface area contributed by atoms with E-state index in [0.29, 0.717) is 28.9 Å². The predicted molar refractivity (Wildman–Crippen MR) is 136 cm³/mol. The minimum Gasteiger partial charge on any atom is -0.352 e. The molecule has 0 spiro atoms. The van der Waals surface area contributed by atoms with Crippen molar-refractivity contribution in [3.05, 3.63) is 125 Å². The summed E-state index contributed by atoms with van der Waals surface area (Å²) in [7, 11) is 0. The predicted octanol–water partition coefficient (Wildman–Crippen LogP) is 6.11. The number of rotatable bonds is 6. The Morgan fingerprint density at radius 2 is 1.60 bits per heavy atom. The quantitative estimate of drug-likeness (QED) is 0.361. The van der Waals surface area contributed by atoms with E-state index in [9.17, 15) is 14.0 Å². The molecule has 1 heterocycles. The average molecular weight is 483 g/mol. The number of nitrogens with one attached hydrogen (secondary N) is 1. The number of fused-ring (bicyclic) bond motifs is 2. The highest BCUT2D eigenvalue weighted by molar-refractivity contribution is 7.99. The zero-order valence-electron chi connectivity index (χ0n) is 18.9. The topological polar surface area (TPSA) is 49.4 Å². The Bertz CT molecular complexity index is 1390. The second-order valence-electron chi connectivity index (χ2n) is 8.25. The molecular weight excluding hydrogens is 459 g/mol. The van der Waals surface area contributed by atoms with Gasteiger partial charge in [0.2, 0.25) is 0 Å². The molecule has 0 aliphatic carbocycles. The summed E-state index contributed by atoms with van der Waals surface area (Å²) in [6.07, 6.45) is 0.723. The third-order valence-corrected chi connectivity index (χ3v) is 7.06. The number of halogens is 1. The summed E-state index contributed by atoms with van der Waals surface area (Å²) in [5.41, 5.74) is 3.16. The number of hydrogen-bond acceptors (Lipinski definition) is 3. The first-order valence-electron chi connectivity index (χ1n) is 11.4. The lowest BCUT2D eigenvalue weighted by molar-refractivity contribution is 0.0950. The van der Waals surface area contributed by atoms with Crippen LogP contribution >= 0.6 is 11.8 Å². The van der Waals surface area contributed by atoms with Crippen LogP contribution in [0.25, 0.3) is 0 Å². The summed E-state index contributed by atoms with van der Waals surface area (Å²) >= 11 is 1.47. The van der Waals surface area contributed by atoms with E-state index in [2.05, 4.69) is 5.32 Å². The number of amides is 2. The second-order valence-corrected chi connectivity index (χ2v) is 9.34. The average Bonchev–Trinajstić information content (AvgIpc) is 3.00. The third kappa shape index (κ3) is 4.98. The van der Waals surface area contributed by atoms with E-state index in [1.165, 1.54) is 17.8 Å². The normalized spacial score (nSPS) is 12.5. The van der Waals surface area contributed by atoms with Gasteiger partial charge in [0.25, 0.3) is 11.8 Å². The van der Waals surface area contributed by atoms with Crippen LogP contribution in [0.1, 0.15) is 31.8 Å². The molecule has 4 aromatic carbocycles. The van der Waals surface area contributed by atoms with Gasteiger partial charge in [0.1, 0.15) is 5.82 Å². The van der Waals surface area contributed by atoms with E-state index in [0.717, 1.165) is 21.8 Å². The molecule has 4 nitrogen and oxygen atoms in total. The van der Waals surface area contributed by atoms with Crippen LogP contribution in [0.5, 0.6) is 0 Å². The Hall–Kier alpha value is -3.90. The molecular formula is C29H23FN2O2S. The molecule has 0 fully saturated rings. The van der Waals surface area contributed by atoms with E-state index in [4.69, 9.17) is 0 Å². The molecule has 0 saturated carbocycles. The van der Waals surface area contributed by atoms with Crippen molar-refractivity contribution >= 4 is 29.3 Å². The van der Waals surface area contributed by atoms with Crippen LogP contribution < -0.4 is 10.2 Å². The first-order valence-corrected chi connectivity index (χ1v) is 12.2. The smallest absolute Gasteiger partial charge is 0.259 e. The van der Waals surface area contributed by atoms with Crippen molar-refractivity contribution in [3.8, 4) is 0 Å². The first kappa shape index (κ1) is 22.9. The maximum Gasteiger partial charge on any atom is 0.259 e. The molecule has 0 radical (unpaired) electrons. The van der Waals surface area contributed by atoms with Crippen LogP contribution in [0.3, 0.4) is 0 Å². The van der Waals surface area contributed by atoms with Crippen LogP contribution in [0, 0.1) is 5.82 Å². The van der Waals surface area contributed by atoms with Gasteiger partial charge in [0.05, 0.1) is 17.8 Å². The molecule has 174 valence electrons. The van der Waals surface area contributed by atoms with Gasteiger partial charge in [0.15, 0.2) is 0 Å². The van der Waals surface area contributed by atoms with Crippen LogP contribution in [0.4, 0.5) is 10.1 Å². The molecule has 0 bridgehead atoms. The third-order valence-electron chi connectivity index (χ3n) is 5.92. The van der Waals surface area contributed by atoms with E-state index in [1.54, 1.807) is 41.3 Å². The molecule has 1 aliphatic heterocycles. The highest BCUT2D eigenvalue weighted by Crippen LogP contribution is 2.42. The molecule has 0 saturated heterocycles. The lowest BCUT2D eigenvalue weighted by atomic mass is 10.1. The van der Waals surface area contributed by atoms with Gasteiger partial charge in [-0.2, -0.15) is 0 Å². The number of hydrogen-bond donors (Lipinski definition) is 1. The molecule has 1 N–H and O–H groups in total. The van der Waals surface area contributed by atoms with Crippen molar-refractivity contribution in [2.24, 2.45) is 0 Å². The maximum atomic E-state index is 14.5. The lowest BCUT2D eigenvalue weighted by Gasteiger charge is -2.24. The summed E-state index contributed by atoms with van der Waals surface area (Å²) in [5.74, 6) is -0.813. The van der Waals surface area contributed by atoms with E-state index >= 15 is 0 Å². The van der Waals surface area contributed by atoms with Crippen LogP contribution in [-0.2, 0) is 13.0 Å². The summed E-state index contributed by atoms with van der Waals surface area (Å²) in [6, 6.07) is 29.1. The molecule has 35 heavy (non-hydrogen) atoms. The molecule has 2 amide bonds. The van der Waals surface area contributed by atoms with E-state index < -0.39 is 0 Å². The van der Waals surface area contributed by atoms with Gasteiger partial charge in [0, 0.05) is 27.5 Å². The van der Waals surface area contributed by atoms with Crippen LogP contribution in [0.2, 0.25) is 0 Å². The van der Waals surface area contributed by atoms with Crippen LogP contribution in [0.15, 0.2) is 107 Å². The van der Waals surface area contributed by atoms with Gasteiger partial charge in [-0.05, 0) is 48.4 Å². The van der Waals surface area contributed by atoms with Gasteiger partial charge >= 0.3 is 0 Å². The van der Waals surface area contributed by atoms with Crippen molar-refractivity contribution in [2.45, 2.75) is 22.8 Å². The van der Waals surface area contributed by atoms with Crippen molar-refractivity contribution in [1.82, 2.24) is 5.32 Å². The van der Waals surface area contributed by atoms with Gasteiger partial charge in [-0.3, -0.25) is 9.59 Å². The Morgan fingerprint density at radius 1 is 0.857 bits per heavy atom. The fourth-order valence-electron chi connectivity index (χ4n) is 4.08. The van der Waals surface area contributed by atoms with Crippen LogP contribution in [-0.4, -0.2) is 18.4 Å². The van der Waals surface area contributed by atoms with Gasteiger partial charge < -0.3 is 10.2 Å². The Kier molecular flexibility index (Phi) is 6.64. The zero-order chi connectivity index (χ0) is 24.2. The fourth-order valence-corrected chi connectivity index (χ4v) is 5.14. The second kappa shape index (κ2) is 10.2. The number of carbonyl (C=O) groups is 2. The Balaban J connectivity index is 1.46. The molecule has 6 heteroatoms.